The zero-order valence-electron chi connectivity index (χ0n) is 10.2. The van der Waals surface area contributed by atoms with Crippen LogP contribution in [-0.2, 0) is 19.0 Å². The second kappa shape index (κ2) is 8.37. The molecule has 0 rings (SSSR count). The van der Waals surface area contributed by atoms with Crippen molar-refractivity contribution in [1.82, 2.24) is 0 Å². The van der Waals surface area contributed by atoms with Crippen LogP contribution < -0.4 is 0 Å². The Hall–Kier alpha value is -0.730. The highest BCUT2D eigenvalue weighted by Crippen LogP contribution is 2.11. The van der Waals surface area contributed by atoms with Gasteiger partial charge in [-0.1, -0.05) is 0 Å². The van der Waals surface area contributed by atoms with Crippen LogP contribution >= 0.6 is 0 Å². The van der Waals surface area contributed by atoms with Gasteiger partial charge < -0.3 is 29.5 Å². The Morgan fingerprint density at radius 1 is 1.24 bits per heavy atom. The Labute approximate surface area is 99.9 Å². The number of carbonyl (C=O) groups excluding carboxylic acids is 1. The predicted octanol–water partition coefficient (Wildman–Crippen LogP) is -1.71. The Morgan fingerprint density at radius 2 is 1.82 bits per heavy atom. The second-order valence-corrected chi connectivity index (χ2v) is 3.52. The van der Waals surface area contributed by atoms with Crippen molar-refractivity contribution in [1.29, 1.82) is 0 Å². The Morgan fingerprint density at radius 3 is 2.18 bits per heavy atom. The predicted molar refractivity (Wildman–Crippen MR) is 57.3 cm³/mol. The molecule has 0 bridgehead atoms. The summed E-state index contributed by atoms with van der Waals surface area (Å²) in [7, 11) is 2.61. The number of esters is 1. The molecule has 17 heavy (non-hydrogen) atoms. The van der Waals surface area contributed by atoms with Crippen LogP contribution in [0.2, 0.25) is 0 Å². The molecule has 0 saturated carbocycles. The summed E-state index contributed by atoms with van der Waals surface area (Å²) in [5.41, 5.74) is 0. The van der Waals surface area contributed by atoms with Crippen molar-refractivity contribution in [2.24, 2.45) is 0 Å². The number of methoxy groups -OCH3 is 2. The summed E-state index contributed by atoms with van der Waals surface area (Å²) in [6.45, 7) is 0.514. The molecule has 7 heteroatoms. The summed E-state index contributed by atoms with van der Waals surface area (Å²) in [5.74, 6) is -0.504. The summed E-state index contributed by atoms with van der Waals surface area (Å²) in [4.78, 5) is 10.6. The smallest absolute Gasteiger partial charge is 0.302 e. The van der Waals surface area contributed by atoms with Crippen molar-refractivity contribution in [3.05, 3.63) is 0 Å². The van der Waals surface area contributed by atoms with Gasteiger partial charge in [-0.25, -0.2) is 0 Å². The molecule has 7 nitrogen and oxygen atoms in total. The molecule has 0 saturated heterocycles. The molecule has 0 radical (unpaired) electrons. The number of aliphatic hydroxyl groups is 3. The highest BCUT2D eigenvalue weighted by atomic mass is 16.6. The zero-order valence-corrected chi connectivity index (χ0v) is 10.2. The number of rotatable bonds is 8. The maximum atomic E-state index is 10.6. The number of hydrogen-bond donors (Lipinski definition) is 3. The van der Waals surface area contributed by atoms with E-state index in [9.17, 15) is 15.0 Å². The number of carbonyl (C=O) groups is 1. The van der Waals surface area contributed by atoms with Gasteiger partial charge in [-0.15, -0.1) is 0 Å². The van der Waals surface area contributed by atoms with E-state index in [-0.39, 0.29) is 6.61 Å². The minimum absolute atomic E-state index is 0.162. The molecule has 0 aliphatic heterocycles. The standard InChI is InChI=1S/C10H20O7/c1-6(12)17-5-8(15-2)9(14)10(16-3)7(13)4-11/h7-11,13-14H,4-5H2,1-3H3/t7-,8+,9-,10-/m1/s1. The van der Waals surface area contributed by atoms with Crippen LogP contribution in [0.1, 0.15) is 6.92 Å². The van der Waals surface area contributed by atoms with Gasteiger partial charge in [-0.05, 0) is 0 Å². The van der Waals surface area contributed by atoms with Crippen molar-refractivity contribution in [3.8, 4) is 0 Å². The minimum atomic E-state index is -1.25. The van der Waals surface area contributed by atoms with Gasteiger partial charge in [0.25, 0.3) is 0 Å². The first-order valence-corrected chi connectivity index (χ1v) is 5.13. The van der Waals surface area contributed by atoms with E-state index in [1.165, 1.54) is 21.1 Å². The first-order valence-electron chi connectivity index (χ1n) is 5.13. The van der Waals surface area contributed by atoms with Crippen molar-refractivity contribution >= 4 is 5.97 Å². The average Bonchev–Trinajstić information content (AvgIpc) is 2.30. The molecule has 0 unspecified atom stereocenters. The van der Waals surface area contributed by atoms with E-state index in [0.29, 0.717) is 0 Å². The van der Waals surface area contributed by atoms with E-state index in [4.69, 9.17) is 19.3 Å². The molecule has 0 aliphatic rings. The van der Waals surface area contributed by atoms with Crippen molar-refractivity contribution in [2.45, 2.75) is 31.3 Å². The maximum absolute atomic E-state index is 10.6. The number of aliphatic hydroxyl groups excluding tert-OH is 3. The zero-order chi connectivity index (χ0) is 13.4. The molecular formula is C10H20O7. The summed E-state index contributed by atoms with van der Waals surface area (Å²) in [6, 6.07) is 0. The normalized spacial score (nSPS) is 18.2. The molecular weight excluding hydrogens is 232 g/mol. The van der Waals surface area contributed by atoms with Gasteiger partial charge in [0.05, 0.1) is 6.61 Å². The van der Waals surface area contributed by atoms with Crippen molar-refractivity contribution < 1.29 is 34.3 Å². The molecule has 0 fully saturated rings. The first kappa shape index (κ1) is 16.3. The maximum Gasteiger partial charge on any atom is 0.302 e. The van der Waals surface area contributed by atoms with Gasteiger partial charge in [-0.3, -0.25) is 4.79 Å². The van der Waals surface area contributed by atoms with E-state index in [1.54, 1.807) is 0 Å². The molecule has 4 atom stereocenters. The van der Waals surface area contributed by atoms with E-state index in [1.807, 2.05) is 0 Å². The van der Waals surface area contributed by atoms with Crippen molar-refractivity contribution in [3.63, 3.8) is 0 Å². The summed E-state index contributed by atoms with van der Waals surface area (Å²) < 4.78 is 14.5. The SMILES string of the molecule is CO[C@@H]([C@H](O)[C@H](COC(C)=O)OC)[C@H](O)CO. The fraction of sp³-hybridized carbons (Fsp3) is 0.900. The van der Waals surface area contributed by atoms with Crippen LogP contribution in [0.5, 0.6) is 0 Å². The van der Waals surface area contributed by atoms with Crippen LogP contribution in [0.3, 0.4) is 0 Å². The van der Waals surface area contributed by atoms with Gasteiger partial charge in [0, 0.05) is 21.1 Å². The molecule has 3 N–H and O–H groups in total. The lowest BCUT2D eigenvalue weighted by Crippen LogP contribution is -2.49. The van der Waals surface area contributed by atoms with Gasteiger partial charge in [0.2, 0.25) is 0 Å². The number of ether oxygens (including phenoxy) is 3. The third-order valence-electron chi connectivity index (χ3n) is 2.31. The first-order chi connectivity index (χ1) is 7.97. The quantitative estimate of drug-likeness (QED) is 0.442. The van der Waals surface area contributed by atoms with E-state index >= 15 is 0 Å². The highest BCUT2D eigenvalue weighted by molar-refractivity contribution is 5.65. The highest BCUT2D eigenvalue weighted by Gasteiger charge is 2.33. The minimum Gasteiger partial charge on any atom is -0.463 e. The molecule has 0 amide bonds. The summed E-state index contributed by atoms with van der Waals surface area (Å²) in [6.07, 6.45) is -4.35. The third-order valence-corrected chi connectivity index (χ3v) is 2.31. The average molecular weight is 252 g/mol. The molecule has 102 valence electrons. The molecule has 0 heterocycles. The van der Waals surface area contributed by atoms with Crippen molar-refractivity contribution in [2.75, 3.05) is 27.4 Å². The van der Waals surface area contributed by atoms with Gasteiger partial charge in [0.1, 0.15) is 31.0 Å². The molecule has 0 aromatic heterocycles. The number of hydrogen-bond acceptors (Lipinski definition) is 7. The lowest BCUT2D eigenvalue weighted by molar-refractivity contribution is -0.162. The topological polar surface area (TPSA) is 105 Å². The summed E-state index contributed by atoms with van der Waals surface area (Å²) >= 11 is 0. The lowest BCUT2D eigenvalue weighted by Gasteiger charge is -2.30. The van der Waals surface area contributed by atoms with Crippen LogP contribution in [0, 0.1) is 0 Å². The molecule has 0 aromatic rings. The Kier molecular flexibility index (Phi) is 8.01. The van der Waals surface area contributed by atoms with E-state index in [2.05, 4.69) is 0 Å². The Bertz CT molecular complexity index is 221. The van der Waals surface area contributed by atoms with Gasteiger partial charge >= 0.3 is 5.97 Å². The third kappa shape index (κ3) is 5.42. The monoisotopic (exact) mass is 252 g/mol. The van der Waals surface area contributed by atoms with Gasteiger partial charge in [0.15, 0.2) is 0 Å². The van der Waals surface area contributed by atoms with Crippen LogP contribution in [0.15, 0.2) is 0 Å². The fourth-order valence-electron chi connectivity index (χ4n) is 1.35. The lowest BCUT2D eigenvalue weighted by atomic mass is 10.0. The molecule has 0 aromatic carbocycles. The van der Waals surface area contributed by atoms with Crippen LogP contribution in [0.25, 0.3) is 0 Å². The largest absolute Gasteiger partial charge is 0.463 e. The summed E-state index contributed by atoms with van der Waals surface area (Å²) in [5, 5.41) is 28.1. The molecule has 0 spiro atoms. The van der Waals surface area contributed by atoms with Crippen LogP contribution in [0.4, 0.5) is 0 Å². The molecule has 0 aliphatic carbocycles. The van der Waals surface area contributed by atoms with Gasteiger partial charge in [-0.2, -0.15) is 0 Å². The Balaban J connectivity index is 4.47. The fourth-order valence-corrected chi connectivity index (χ4v) is 1.35. The van der Waals surface area contributed by atoms with E-state index in [0.717, 1.165) is 0 Å². The second-order valence-electron chi connectivity index (χ2n) is 3.52. The van der Waals surface area contributed by atoms with Crippen LogP contribution in [-0.4, -0.2) is 73.1 Å². The van der Waals surface area contributed by atoms with E-state index < -0.39 is 37.0 Å².